The zero-order valence-corrected chi connectivity index (χ0v) is 10.8. The summed E-state index contributed by atoms with van der Waals surface area (Å²) in [6.07, 6.45) is 1.80. The van der Waals surface area contributed by atoms with Crippen LogP contribution in [-0.4, -0.2) is 11.0 Å². The molecule has 0 aliphatic carbocycles. The van der Waals surface area contributed by atoms with Gasteiger partial charge >= 0.3 is 6.03 Å². The number of aromatic nitrogens is 1. The second kappa shape index (κ2) is 5.80. The van der Waals surface area contributed by atoms with Crippen molar-refractivity contribution in [1.29, 1.82) is 0 Å². The van der Waals surface area contributed by atoms with Crippen molar-refractivity contribution in [3.05, 3.63) is 52.3 Å². The number of aromatic amines is 1. The number of urea groups is 1. The van der Waals surface area contributed by atoms with Crippen LogP contribution in [0.25, 0.3) is 0 Å². The van der Waals surface area contributed by atoms with Crippen LogP contribution >= 0.6 is 23.2 Å². The van der Waals surface area contributed by atoms with Crippen molar-refractivity contribution >= 4 is 34.9 Å². The Labute approximate surface area is 114 Å². The molecule has 0 fully saturated rings. The average molecular weight is 284 g/mol. The van der Waals surface area contributed by atoms with Gasteiger partial charge in [-0.3, -0.25) is 0 Å². The van der Waals surface area contributed by atoms with E-state index in [2.05, 4.69) is 15.6 Å². The van der Waals surface area contributed by atoms with Crippen molar-refractivity contribution in [2.75, 3.05) is 5.32 Å². The van der Waals surface area contributed by atoms with E-state index < -0.39 is 0 Å². The van der Waals surface area contributed by atoms with Crippen LogP contribution in [0, 0.1) is 0 Å². The normalized spacial score (nSPS) is 10.1. The molecule has 2 rings (SSSR count). The van der Waals surface area contributed by atoms with Gasteiger partial charge in [0.15, 0.2) is 0 Å². The molecule has 1 aromatic heterocycles. The number of benzene rings is 1. The largest absolute Gasteiger partial charge is 0.364 e. The monoisotopic (exact) mass is 283 g/mol. The number of hydrogen-bond acceptors (Lipinski definition) is 1. The highest BCUT2D eigenvalue weighted by molar-refractivity contribution is 6.42. The Kier molecular flexibility index (Phi) is 4.12. The van der Waals surface area contributed by atoms with Crippen LogP contribution < -0.4 is 10.6 Å². The van der Waals surface area contributed by atoms with Gasteiger partial charge in [-0.25, -0.2) is 4.79 Å². The van der Waals surface area contributed by atoms with E-state index in [-0.39, 0.29) is 6.03 Å². The third kappa shape index (κ3) is 3.42. The number of rotatable bonds is 3. The first-order chi connectivity index (χ1) is 8.65. The van der Waals surface area contributed by atoms with E-state index in [0.717, 1.165) is 5.69 Å². The first kappa shape index (κ1) is 12.8. The second-order valence-electron chi connectivity index (χ2n) is 3.63. The molecule has 0 spiro atoms. The second-order valence-corrected chi connectivity index (χ2v) is 4.45. The van der Waals surface area contributed by atoms with Crippen molar-refractivity contribution in [2.45, 2.75) is 6.54 Å². The maximum atomic E-state index is 11.6. The molecule has 0 atom stereocenters. The summed E-state index contributed by atoms with van der Waals surface area (Å²) in [4.78, 5) is 14.6. The number of nitrogens with one attached hydrogen (secondary N) is 3. The fourth-order valence-electron chi connectivity index (χ4n) is 1.40. The molecule has 0 saturated heterocycles. The van der Waals surface area contributed by atoms with Crippen LogP contribution in [0.1, 0.15) is 5.69 Å². The van der Waals surface area contributed by atoms with Crippen molar-refractivity contribution in [3.8, 4) is 0 Å². The zero-order chi connectivity index (χ0) is 13.0. The van der Waals surface area contributed by atoms with Gasteiger partial charge in [-0.15, -0.1) is 0 Å². The van der Waals surface area contributed by atoms with Crippen molar-refractivity contribution in [2.24, 2.45) is 0 Å². The standard InChI is InChI=1S/C12H11Cl2N3O/c13-10-4-3-8(6-11(10)14)17-12(18)16-7-9-2-1-5-15-9/h1-6,15H,7H2,(H2,16,17,18). The summed E-state index contributed by atoms with van der Waals surface area (Å²) in [6.45, 7) is 0.431. The summed E-state index contributed by atoms with van der Waals surface area (Å²) in [7, 11) is 0. The number of carbonyl (C=O) groups is 1. The van der Waals surface area contributed by atoms with Gasteiger partial charge in [0.2, 0.25) is 0 Å². The third-order valence-electron chi connectivity index (χ3n) is 2.28. The lowest BCUT2D eigenvalue weighted by molar-refractivity contribution is 0.251. The van der Waals surface area contributed by atoms with Gasteiger partial charge in [0.25, 0.3) is 0 Å². The Balaban J connectivity index is 1.88. The molecule has 0 bridgehead atoms. The highest BCUT2D eigenvalue weighted by Crippen LogP contribution is 2.24. The number of halogens is 2. The smallest absolute Gasteiger partial charge is 0.319 e. The minimum atomic E-state index is -0.303. The lowest BCUT2D eigenvalue weighted by Crippen LogP contribution is -2.28. The zero-order valence-electron chi connectivity index (χ0n) is 9.34. The quantitative estimate of drug-likeness (QED) is 0.791. The predicted octanol–water partition coefficient (Wildman–Crippen LogP) is 3.64. The Morgan fingerprint density at radius 3 is 2.72 bits per heavy atom. The summed E-state index contributed by atoms with van der Waals surface area (Å²) in [5, 5.41) is 6.23. The Bertz CT molecular complexity index is 540. The molecule has 1 aromatic carbocycles. The molecule has 94 valence electrons. The lowest BCUT2D eigenvalue weighted by atomic mass is 10.3. The maximum absolute atomic E-state index is 11.6. The molecule has 6 heteroatoms. The molecular formula is C12H11Cl2N3O. The van der Waals surface area contributed by atoms with Gasteiger partial charge in [-0.05, 0) is 30.3 Å². The minimum absolute atomic E-state index is 0.303. The van der Waals surface area contributed by atoms with Gasteiger partial charge in [-0.2, -0.15) is 0 Å². The summed E-state index contributed by atoms with van der Waals surface area (Å²) in [6, 6.07) is 8.36. The first-order valence-electron chi connectivity index (χ1n) is 5.27. The number of amides is 2. The lowest BCUT2D eigenvalue weighted by Gasteiger charge is -2.07. The Hall–Kier alpha value is -1.65. The molecule has 0 saturated carbocycles. The molecule has 4 nitrogen and oxygen atoms in total. The molecule has 2 aromatic rings. The topological polar surface area (TPSA) is 56.9 Å². The van der Waals surface area contributed by atoms with Crippen LogP contribution in [-0.2, 0) is 6.54 Å². The molecular weight excluding hydrogens is 273 g/mol. The number of anilines is 1. The number of H-pyrrole nitrogens is 1. The van der Waals surface area contributed by atoms with Crippen LogP contribution in [0.15, 0.2) is 36.5 Å². The molecule has 1 heterocycles. The van der Waals surface area contributed by atoms with E-state index >= 15 is 0 Å². The Morgan fingerprint density at radius 2 is 2.06 bits per heavy atom. The fourth-order valence-corrected chi connectivity index (χ4v) is 1.70. The van der Waals surface area contributed by atoms with Crippen LogP contribution in [0.2, 0.25) is 10.0 Å². The summed E-state index contributed by atoms with van der Waals surface area (Å²) < 4.78 is 0. The van der Waals surface area contributed by atoms with Gasteiger partial charge in [0.05, 0.1) is 16.6 Å². The molecule has 0 unspecified atom stereocenters. The molecule has 0 aliphatic heterocycles. The van der Waals surface area contributed by atoms with Crippen molar-refractivity contribution in [3.63, 3.8) is 0 Å². The molecule has 0 radical (unpaired) electrons. The summed E-state index contributed by atoms with van der Waals surface area (Å²) >= 11 is 11.6. The van der Waals surface area contributed by atoms with E-state index in [9.17, 15) is 4.79 Å². The van der Waals surface area contributed by atoms with Gasteiger partial charge in [-0.1, -0.05) is 23.2 Å². The average Bonchev–Trinajstić information content (AvgIpc) is 2.84. The van der Waals surface area contributed by atoms with E-state index in [1.807, 2.05) is 12.1 Å². The van der Waals surface area contributed by atoms with E-state index in [0.29, 0.717) is 22.3 Å². The van der Waals surface area contributed by atoms with Crippen LogP contribution in [0.4, 0.5) is 10.5 Å². The maximum Gasteiger partial charge on any atom is 0.319 e. The van der Waals surface area contributed by atoms with Crippen LogP contribution in [0.3, 0.4) is 0 Å². The van der Waals surface area contributed by atoms with Gasteiger partial charge in [0.1, 0.15) is 0 Å². The van der Waals surface area contributed by atoms with Crippen LogP contribution in [0.5, 0.6) is 0 Å². The molecule has 0 aliphatic rings. The van der Waals surface area contributed by atoms with Crippen molar-refractivity contribution < 1.29 is 4.79 Å². The van der Waals surface area contributed by atoms with Gasteiger partial charge in [0, 0.05) is 17.6 Å². The highest BCUT2D eigenvalue weighted by atomic mass is 35.5. The summed E-state index contributed by atoms with van der Waals surface area (Å²) in [5.41, 5.74) is 1.52. The van der Waals surface area contributed by atoms with Crippen molar-refractivity contribution in [1.82, 2.24) is 10.3 Å². The minimum Gasteiger partial charge on any atom is -0.364 e. The molecule has 18 heavy (non-hydrogen) atoms. The van der Waals surface area contributed by atoms with Gasteiger partial charge < -0.3 is 15.6 Å². The van der Waals surface area contributed by atoms with E-state index in [4.69, 9.17) is 23.2 Å². The highest BCUT2D eigenvalue weighted by Gasteiger charge is 2.04. The third-order valence-corrected chi connectivity index (χ3v) is 3.02. The number of hydrogen-bond donors (Lipinski definition) is 3. The Morgan fingerprint density at radius 1 is 1.22 bits per heavy atom. The fraction of sp³-hybridized carbons (Fsp3) is 0.0833. The molecule has 3 N–H and O–H groups in total. The molecule has 2 amide bonds. The van der Waals surface area contributed by atoms with E-state index in [1.165, 1.54) is 0 Å². The SMILES string of the molecule is O=C(NCc1ccc[nH]1)Nc1ccc(Cl)c(Cl)c1. The summed E-state index contributed by atoms with van der Waals surface area (Å²) in [5.74, 6) is 0. The first-order valence-corrected chi connectivity index (χ1v) is 6.03. The predicted molar refractivity (Wildman–Crippen MR) is 73.1 cm³/mol. The van der Waals surface area contributed by atoms with E-state index in [1.54, 1.807) is 24.4 Å². The number of carbonyl (C=O) groups excluding carboxylic acids is 1.